The monoisotopic (exact) mass is 513 g/mol. The van der Waals surface area contributed by atoms with Gasteiger partial charge in [-0.05, 0) is 36.6 Å². The van der Waals surface area contributed by atoms with E-state index >= 15 is 0 Å². The molecular formula is C28H48ClNO3S. The van der Waals surface area contributed by atoms with Gasteiger partial charge in [0.1, 0.15) is 6.04 Å². The molecule has 4 nitrogen and oxygen atoms in total. The van der Waals surface area contributed by atoms with Gasteiger partial charge in [-0.1, -0.05) is 128 Å². The Labute approximate surface area is 214 Å². The molecule has 0 spiro atoms. The molecule has 196 valence electrons. The number of anilines is 1. The van der Waals surface area contributed by atoms with Gasteiger partial charge in [0, 0.05) is 0 Å². The molecule has 34 heavy (non-hydrogen) atoms. The van der Waals surface area contributed by atoms with E-state index in [1.54, 1.807) is 24.3 Å². The van der Waals surface area contributed by atoms with Gasteiger partial charge in [-0.15, -0.1) is 0 Å². The number of carbonyl (C=O) groups is 1. The Morgan fingerprint density at radius 2 is 1.18 bits per heavy atom. The lowest BCUT2D eigenvalue weighted by Gasteiger charge is -2.30. The van der Waals surface area contributed by atoms with Crippen LogP contribution in [0.5, 0.6) is 0 Å². The Morgan fingerprint density at radius 3 is 1.62 bits per heavy atom. The van der Waals surface area contributed by atoms with Crippen LogP contribution in [0.25, 0.3) is 0 Å². The topological polar surface area (TPSA) is 54.5 Å². The average Bonchev–Trinajstić information content (AvgIpc) is 2.82. The van der Waals surface area contributed by atoms with Gasteiger partial charge < -0.3 is 0 Å². The maximum absolute atomic E-state index is 13.3. The van der Waals surface area contributed by atoms with Crippen molar-refractivity contribution >= 4 is 32.6 Å². The Morgan fingerprint density at radius 1 is 0.735 bits per heavy atom. The van der Waals surface area contributed by atoms with Crippen molar-refractivity contribution in [3.63, 3.8) is 0 Å². The quantitative estimate of drug-likeness (QED) is 0.115. The fraction of sp³-hybridized carbons (Fsp3) is 0.750. The Balaban J connectivity index is 2.39. The maximum atomic E-state index is 13.3. The Bertz CT molecular complexity index is 739. The highest BCUT2D eigenvalue weighted by atomic mass is 35.5. The van der Waals surface area contributed by atoms with Crippen molar-refractivity contribution in [3.8, 4) is 0 Å². The third-order valence-electron chi connectivity index (χ3n) is 6.44. The first-order valence-corrected chi connectivity index (χ1v) is 15.7. The number of rotatable bonds is 22. The molecule has 1 rings (SSSR count). The first kappa shape index (κ1) is 31.0. The van der Waals surface area contributed by atoms with E-state index < -0.39 is 21.3 Å². The lowest BCUT2D eigenvalue weighted by Crippen LogP contribution is -2.45. The summed E-state index contributed by atoms with van der Waals surface area (Å²) in [6.07, 6.45) is 19.2. The summed E-state index contributed by atoms with van der Waals surface area (Å²) in [5.74, 6) is 0.0483. The summed E-state index contributed by atoms with van der Waals surface area (Å²) >= 11 is 5.88. The largest absolute Gasteiger partial charge is 0.279 e. The number of sulfonamides is 1. The van der Waals surface area contributed by atoms with Crippen LogP contribution >= 0.6 is 11.6 Å². The van der Waals surface area contributed by atoms with E-state index in [0.29, 0.717) is 18.5 Å². The summed E-state index contributed by atoms with van der Waals surface area (Å²) in [4.78, 5) is 12.2. The zero-order valence-corrected chi connectivity index (χ0v) is 23.2. The maximum Gasteiger partial charge on any atom is 0.245 e. The summed E-state index contributed by atoms with van der Waals surface area (Å²) in [6.45, 7) is 4.28. The second-order valence-corrected chi connectivity index (χ2v) is 11.8. The minimum Gasteiger partial charge on any atom is -0.279 e. The van der Waals surface area contributed by atoms with E-state index in [4.69, 9.17) is 11.6 Å². The van der Waals surface area contributed by atoms with Crippen molar-refractivity contribution in [2.45, 2.75) is 129 Å². The molecule has 0 heterocycles. The molecule has 0 N–H and O–H groups in total. The Kier molecular flexibility index (Phi) is 17.4. The molecule has 1 unspecified atom stereocenters. The summed E-state index contributed by atoms with van der Waals surface area (Å²) in [5, 5.41) is -0.609. The van der Waals surface area contributed by atoms with E-state index in [-0.39, 0.29) is 5.75 Å². The molecule has 0 aliphatic carbocycles. The first-order valence-electron chi connectivity index (χ1n) is 13.7. The SMILES string of the molecule is CCCCCCCCCCCCCCCCS(=O)(=O)N(c1ccccc1)C(CCCC)C(=O)Cl. The molecule has 0 aliphatic rings. The number of benzene rings is 1. The Hall–Kier alpha value is -1.07. The van der Waals surface area contributed by atoms with Gasteiger partial charge in [0.05, 0.1) is 11.4 Å². The molecule has 0 fully saturated rings. The molecule has 1 aromatic rings. The van der Waals surface area contributed by atoms with E-state index in [2.05, 4.69) is 6.92 Å². The first-order chi connectivity index (χ1) is 16.4. The molecule has 0 saturated carbocycles. The molecular weight excluding hydrogens is 466 g/mol. The molecule has 0 bridgehead atoms. The third kappa shape index (κ3) is 13.1. The summed E-state index contributed by atoms with van der Waals surface area (Å²) in [5.41, 5.74) is 0.517. The summed E-state index contributed by atoms with van der Waals surface area (Å²) in [6, 6.07) is 8.05. The van der Waals surface area contributed by atoms with Gasteiger partial charge in [0.15, 0.2) is 0 Å². The van der Waals surface area contributed by atoms with Crippen LogP contribution < -0.4 is 4.31 Å². The number of carbonyl (C=O) groups excluding carboxylic acids is 1. The normalized spacial score (nSPS) is 12.6. The van der Waals surface area contributed by atoms with Crippen molar-refractivity contribution in [2.75, 3.05) is 10.1 Å². The zero-order chi connectivity index (χ0) is 25.1. The fourth-order valence-corrected chi connectivity index (χ4v) is 6.47. The highest BCUT2D eigenvalue weighted by molar-refractivity contribution is 7.92. The number of hydrogen-bond donors (Lipinski definition) is 0. The fourth-order valence-electron chi connectivity index (χ4n) is 4.41. The predicted molar refractivity (Wildman–Crippen MR) is 147 cm³/mol. The summed E-state index contributed by atoms with van der Waals surface area (Å²) < 4.78 is 27.8. The van der Waals surface area contributed by atoms with Crippen LogP contribution in [0.4, 0.5) is 5.69 Å². The lowest BCUT2D eigenvalue weighted by atomic mass is 10.0. The van der Waals surface area contributed by atoms with Crippen molar-refractivity contribution < 1.29 is 13.2 Å². The van der Waals surface area contributed by atoms with E-state index in [1.165, 1.54) is 68.5 Å². The second-order valence-electron chi connectivity index (χ2n) is 9.51. The highest BCUT2D eigenvalue weighted by Crippen LogP contribution is 2.26. The third-order valence-corrected chi connectivity index (χ3v) is 8.56. The van der Waals surface area contributed by atoms with Gasteiger partial charge in [-0.2, -0.15) is 0 Å². The van der Waals surface area contributed by atoms with E-state index in [0.717, 1.165) is 32.1 Å². The van der Waals surface area contributed by atoms with Crippen molar-refractivity contribution in [1.82, 2.24) is 0 Å². The average molecular weight is 514 g/mol. The molecule has 1 atom stereocenters. The highest BCUT2D eigenvalue weighted by Gasteiger charge is 2.33. The minimum absolute atomic E-state index is 0.0483. The van der Waals surface area contributed by atoms with Crippen LogP contribution in [0.2, 0.25) is 0 Å². The van der Waals surface area contributed by atoms with Crippen LogP contribution in [-0.4, -0.2) is 25.5 Å². The van der Waals surface area contributed by atoms with Crippen LogP contribution in [-0.2, 0) is 14.8 Å². The molecule has 0 amide bonds. The van der Waals surface area contributed by atoms with Gasteiger partial charge in [-0.3, -0.25) is 9.10 Å². The minimum atomic E-state index is -3.64. The molecule has 0 saturated heterocycles. The van der Waals surface area contributed by atoms with Crippen molar-refractivity contribution in [1.29, 1.82) is 0 Å². The number of hydrogen-bond acceptors (Lipinski definition) is 3. The van der Waals surface area contributed by atoms with Gasteiger partial charge in [0.2, 0.25) is 15.3 Å². The zero-order valence-electron chi connectivity index (χ0n) is 21.7. The predicted octanol–water partition coefficient (Wildman–Crippen LogP) is 8.63. The molecule has 0 radical (unpaired) electrons. The number of nitrogens with zero attached hydrogens (tertiary/aromatic N) is 1. The van der Waals surface area contributed by atoms with Gasteiger partial charge >= 0.3 is 0 Å². The van der Waals surface area contributed by atoms with Gasteiger partial charge in [-0.25, -0.2) is 8.42 Å². The van der Waals surface area contributed by atoms with Crippen molar-refractivity contribution in [3.05, 3.63) is 30.3 Å². The van der Waals surface area contributed by atoms with Crippen LogP contribution in [0.1, 0.15) is 123 Å². The van der Waals surface area contributed by atoms with Gasteiger partial charge in [0.25, 0.3) is 0 Å². The number of para-hydroxylation sites is 1. The second kappa shape index (κ2) is 19.2. The van der Waals surface area contributed by atoms with Crippen LogP contribution in [0, 0.1) is 0 Å². The molecule has 1 aromatic carbocycles. The van der Waals surface area contributed by atoms with E-state index in [9.17, 15) is 13.2 Å². The lowest BCUT2D eigenvalue weighted by molar-refractivity contribution is -0.112. The number of halogens is 1. The smallest absolute Gasteiger partial charge is 0.245 e. The molecule has 6 heteroatoms. The summed E-state index contributed by atoms with van der Waals surface area (Å²) in [7, 11) is -3.64. The van der Waals surface area contributed by atoms with E-state index in [1.807, 2.05) is 13.0 Å². The molecule has 0 aromatic heterocycles. The van der Waals surface area contributed by atoms with Crippen LogP contribution in [0.15, 0.2) is 30.3 Å². The number of unbranched alkanes of at least 4 members (excludes halogenated alkanes) is 14. The van der Waals surface area contributed by atoms with Crippen molar-refractivity contribution in [2.24, 2.45) is 0 Å². The van der Waals surface area contributed by atoms with Crippen LogP contribution in [0.3, 0.4) is 0 Å². The standard InChI is InChI=1S/C28H48ClNO3S/c1-3-5-7-8-9-10-11-12-13-14-15-16-17-21-25-34(32,33)30(26-22-19-18-20-23-26)27(28(29)31)24-6-4-2/h18-20,22-23,27H,3-17,21,24-25H2,1-2H3. The molecule has 0 aliphatic heterocycles.